The molecule has 0 aliphatic carbocycles. The standard InChI is InChI=1S/C15H25N3O5/c1-3-16-4-5-18(13(19)10-14(20)22-2)12(11-16)15(21)17-6-8-23-9-7-17/h12H,3-11H2,1-2H3. The number of nitrogens with zero attached hydrogens (tertiary/aromatic N) is 3. The van der Waals surface area contributed by atoms with E-state index in [-0.39, 0.29) is 18.2 Å². The summed E-state index contributed by atoms with van der Waals surface area (Å²) in [6.45, 7) is 6.63. The number of ether oxygens (including phenoxy) is 2. The minimum atomic E-state index is -0.578. The lowest BCUT2D eigenvalue weighted by Crippen LogP contribution is -2.62. The van der Waals surface area contributed by atoms with Crippen molar-refractivity contribution in [2.24, 2.45) is 0 Å². The maximum absolute atomic E-state index is 12.8. The molecule has 0 spiro atoms. The van der Waals surface area contributed by atoms with Gasteiger partial charge in [0.15, 0.2) is 0 Å². The van der Waals surface area contributed by atoms with E-state index in [9.17, 15) is 14.4 Å². The van der Waals surface area contributed by atoms with Gasteiger partial charge in [0.25, 0.3) is 0 Å². The summed E-state index contributed by atoms with van der Waals surface area (Å²) in [4.78, 5) is 42.0. The molecular weight excluding hydrogens is 302 g/mol. The zero-order valence-electron chi connectivity index (χ0n) is 13.8. The third kappa shape index (κ3) is 4.42. The van der Waals surface area contributed by atoms with Gasteiger partial charge in [-0.05, 0) is 6.54 Å². The highest BCUT2D eigenvalue weighted by atomic mass is 16.5. The van der Waals surface area contributed by atoms with Crippen molar-refractivity contribution in [3.63, 3.8) is 0 Å². The van der Waals surface area contributed by atoms with Crippen LogP contribution in [0.4, 0.5) is 0 Å². The molecule has 0 saturated carbocycles. The fourth-order valence-electron chi connectivity index (χ4n) is 2.93. The van der Waals surface area contributed by atoms with Crippen LogP contribution in [0.15, 0.2) is 0 Å². The van der Waals surface area contributed by atoms with Gasteiger partial charge in [-0.15, -0.1) is 0 Å². The van der Waals surface area contributed by atoms with E-state index in [1.165, 1.54) is 12.0 Å². The van der Waals surface area contributed by atoms with E-state index < -0.39 is 12.0 Å². The van der Waals surface area contributed by atoms with Crippen LogP contribution in [-0.4, -0.2) is 98.1 Å². The molecule has 2 heterocycles. The number of rotatable bonds is 4. The molecule has 0 aromatic heterocycles. The van der Waals surface area contributed by atoms with Crippen LogP contribution in [-0.2, 0) is 23.9 Å². The number of morpholine rings is 1. The SMILES string of the molecule is CCN1CCN(C(=O)CC(=O)OC)C(C(=O)N2CCOCC2)C1. The second kappa shape index (κ2) is 8.26. The third-order valence-corrected chi connectivity index (χ3v) is 4.36. The van der Waals surface area contributed by atoms with E-state index in [0.717, 1.165) is 6.54 Å². The summed E-state index contributed by atoms with van der Waals surface area (Å²) in [6.07, 6.45) is -0.324. The molecule has 8 nitrogen and oxygen atoms in total. The molecule has 0 aromatic carbocycles. The lowest BCUT2D eigenvalue weighted by atomic mass is 10.1. The summed E-state index contributed by atoms with van der Waals surface area (Å²) in [5, 5.41) is 0. The van der Waals surface area contributed by atoms with Crippen LogP contribution in [0.5, 0.6) is 0 Å². The molecule has 2 aliphatic heterocycles. The number of piperazine rings is 1. The average Bonchev–Trinajstić information content (AvgIpc) is 2.61. The highest BCUT2D eigenvalue weighted by Gasteiger charge is 2.37. The van der Waals surface area contributed by atoms with E-state index in [4.69, 9.17) is 4.74 Å². The summed E-state index contributed by atoms with van der Waals surface area (Å²) in [7, 11) is 1.25. The van der Waals surface area contributed by atoms with Crippen LogP contribution in [0.1, 0.15) is 13.3 Å². The van der Waals surface area contributed by atoms with Gasteiger partial charge in [0.05, 0.1) is 20.3 Å². The molecule has 0 aromatic rings. The first-order valence-corrected chi connectivity index (χ1v) is 8.02. The quantitative estimate of drug-likeness (QED) is 0.484. The van der Waals surface area contributed by atoms with E-state index in [2.05, 4.69) is 9.64 Å². The topological polar surface area (TPSA) is 79.4 Å². The molecular formula is C15H25N3O5. The number of esters is 1. The van der Waals surface area contributed by atoms with E-state index >= 15 is 0 Å². The van der Waals surface area contributed by atoms with Gasteiger partial charge in [-0.3, -0.25) is 19.3 Å². The Bertz CT molecular complexity index is 450. The zero-order valence-corrected chi connectivity index (χ0v) is 13.8. The van der Waals surface area contributed by atoms with Gasteiger partial charge in [0.1, 0.15) is 12.5 Å². The van der Waals surface area contributed by atoms with Gasteiger partial charge in [-0.2, -0.15) is 0 Å². The Kier molecular flexibility index (Phi) is 6.35. The van der Waals surface area contributed by atoms with Gasteiger partial charge in [-0.1, -0.05) is 6.92 Å². The van der Waals surface area contributed by atoms with Crippen molar-refractivity contribution in [1.29, 1.82) is 0 Å². The number of methoxy groups -OCH3 is 1. The van der Waals surface area contributed by atoms with E-state index in [1.807, 2.05) is 6.92 Å². The molecule has 0 bridgehead atoms. The smallest absolute Gasteiger partial charge is 0.315 e. The van der Waals surface area contributed by atoms with Crippen molar-refractivity contribution in [1.82, 2.24) is 14.7 Å². The van der Waals surface area contributed by atoms with Crippen LogP contribution < -0.4 is 0 Å². The van der Waals surface area contributed by atoms with Crippen molar-refractivity contribution in [2.45, 2.75) is 19.4 Å². The molecule has 1 atom stereocenters. The Morgan fingerprint density at radius 3 is 2.43 bits per heavy atom. The minimum absolute atomic E-state index is 0.0651. The number of amides is 2. The minimum Gasteiger partial charge on any atom is -0.469 e. The van der Waals surface area contributed by atoms with Gasteiger partial charge < -0.3 is 19.3 Å². The predicted octanol–water partition coefficient (Wildman–Crippen LogP) is -1.06. The lowest BCUT2D eigenvalue weighted by Gasteiger charge is -2.42. The van der Waals surface area contributed by atoms with Crippen molar-refractivity contribution in [3.8, 4) is 0 Å². The Morgan fingerprint density at radius 1 is 1.13 bits per heavy atom. The summed E-state index contributed by atoms with van der Waals surface area (Å²) in [6, 6.07) is -0.543. The Labute approximate surface area is 136 Å². The van der Waals surface area contributed by atoms with Crippen LogP contribution in [0.2, 0.25) is 0 Å². The monoisotopic (exact) mass is 327 g/mol. The molecule has 0 radical (unpaired) electrons. The van der Waals surface area contributed by atoms with Gasteiger partial charge in [0, 0.05) is 32.7 Å². The molecule has 2 saturated heterocycles. The van der Waals surface area contributed by atoms with Gasteiger partial charge in [0.2, 0.25) is 11.8 Å². The van der Waals surface area contributed by atoms with Gasteiger partial charge in [-0.25, -0.2) is 0 Å². The highest BCUT2D eigenvalue weighted by Crippen LogP contribution is 2.15. The normalized spacial score (nSPS) is 22.8. The predicted molar refractivity (Wildman–Crippen MR) is 81.6 cm³/mol. The molecule has 2 rings (SSSR count). The molecule has 23 heavy (non-hydrogen) atoms. The van der Waals surface area contributed by atoms with Crippen molar-refractivity contribution >= 4 is 17.8 Å². The Morgan fingerprint density at radius 2 is 1.83 bits per heavy atom. The number of likely N-dealkylation sites (N-methyl/N-ethyl adjacent to an activating group) is 1. The lowest BCUT2D eigenvalue weighted by molar-refractivity contribution is -0.155. The molecule has 2 fully saturated rings. The summed E-state index contributed by atoms with van der Waals surface area (Å²) in [5.41, 5.74) is 0. The molecule has 8 heteroatoms. The van der Waals surface area contributed by atoms with Crippen molar-refractivity contribution in [3.05, 3.63) is 0 Å². The average molecular weight is 327 g/mol. The third-order valence-electron chi connectivity index (χ3n) is 4.36. The van der Waals surface area contributed by atoms with Crippen LogP contribution in [0.25, 0.3) is 0 Å². The highest BCUT2D eigenvalue weighted by molar-refractivity contribution is 5.97. The number of hydrogen-bond donors (Lipinski definition) is 0. The summed E-state index contributed by atoms with van der Waals surface area (Å²) in [5.74, 6) is -0.991. The van der Waals surface area contributed by atoms with E-state index in [1.54, 1.807) is 4.90 Å². The van der Waals surface area contributed by atoms with Crippen LogP contribution in [0, 0.1) is 0 Å². The first-order chi connectivity index (χ1) is 11.1. The first-order valence-electron chi connectivity index (χ1n) is 8.02. The fraction of sp³-hybridized carbons (Fsp3) is 0.800. The number of carbonyl (C=O) groups excluding carboxylic acids is 3. The van der Waals surface area contributed by atoms with Crippen molar-refractivity contribution in [2.75, 3.05) is 59.6 Å². The Balaban J connectivity index is 2.09. The van der Waals surface area contributed by atoms with E-state index in [0.29, 0.717) is 45.9 Å². The summed E-state index contributed by atoms with van der Waals surface area (Å²) >= 11 is 0. The molecule has 130 valence electrons. The zero-order chi connectivity index (χ0) is 16.8. The van der Waals surface area contributed by atoms with Crippen LogP contribution >= 0.6 is 0 Å². The maximum atomic E-state index is 12.8. The van der Waals surface area contributed by atoms with Crippen LogP contribution in [0.3, 0.4) is 0 Å². The molecule has 2 aliphatic rings. The first kappa shape index (κ1) is 17.7. The molecule has 0 N–H and O–H groups in total. The Hall–Kier alpha value is -1.67. The second-order valence-electron chi connectivity index (χ2n) is 5.69. The number of carbonyl (C=O) groups is 3. The molecule has 1 unspecified atom stereocenters. The van der Waals surface area contributed by atoms with Crippen molar-refractivity contribution < 1.29 is 23.9 Å². The largest absolute Gasteiger partial charge is 0.469 e. The molecule has 2 amide bonds. The fourth-order valence-corrected chi connectivity index (χ4v) is 2.93. The maximum Gasteiger partial charge on any atom is 0.315 e. The number of hydrogen-bond acceptors (Lipinski definition) is 6. The second-order valence-corrected chi connectivity index (χ2v) is 5.69. The summed E-state index contributed by atoms with van der Waals surface area (Å²) < 4.78 is 9.83. The van der Waals surface area contributed by atoms with Gasteiger partial charge >= 0.3 is 5.97 Å².